The first-order valence-electron chi connectivity index (χ1n) is 8.89. The first-order chi connectivity index (χ1) is 13.0. The van der Waals surface area contributed by atoms with E-state index in [0.29, 0.717) is 24.5 Å². The highest BCUT2D eigenvalue weighted by Crippen LogP contribution is 2.37. The SMILES string of the molecule is CCOC(=O)c1c(CN(C)C)n(C)c2cc(-c3cccnc3)c(OC)cc12. The van der Waals surface area contributed by atoms with Crippen LogP contribution in [0, 0.1) is 0 Å². The predicted molar refractivity (Wildman–Crippen MR) is 106 cm³/mol. The normalized spacial score (nSPS) is 11.2. The Kier molecular flexibility index (Phi) is 5.46. The van der Waals surface area contributed by atoms with Crippen molar-refractivity contribution in [2.45, 2.75) is 13.5 Å². The number of fused-ring (bicyclic) bond motifs is 1. The Bertz CT molecular complexity index is 962. The summed E-state index contributed by atoms with van der Waals surface area (Å²) in [6, 6.07) is 7.86. The molecule has 3 rings (SSSR count). The van der Waals surface area contributed by atoms with E-state index in [1.54, 1.807) is 19.5 Å². The van der Waals surface area contributed by atoms with Gasteiger partial charge in [0.1, 0.15) is 5.75 Å². The van der Waals surface area contributed by atoms with E-state index in [0.717, 1.165) is 27.7 Å². The molecule has 27 heavy (non-hydrogen) atoms. The van der Waals surface area contributed by atoms with Crippen molar-refractivity contribution in [2.75, 3.05) is 27.8 Å². The van der Waals surface area contributed by atoms with Gasteiger partial charge in [0.05, 0.1) is 19.3 Å². The van der Waals surface area contributed by atoms with Crippen molar-refractivity contribution in [1.29, 1.82) is 0 Å². The Balaban J connectivity index is 2.31. The van der Waals surface area contributed by atoms with E-state index in [9.17, 15) is 4.79 Å². The van der Waals surface area contributed by atoms with Gasteiger partial charge in [0, 0.05) is 53.7 Å². The summed E-state index contributed by atoms with van der Waals surface area (Å²) >= 11 is 0. The summed E-state index contributed by atoms with van der Waals surface area (Å²) in [4.78, 5) is 19.0. The minimum Gasteiger partial charge on any atom is -0.496 e. The maximum Gasteiger partial charge on any atom is 0.340 e. The third-order valence-electron chi connectivity index (χ3n) is 4.56. The summed E-state index contributed by atoms with van der Waals surface area (Å²) in [6.07, 6.45) is 3.55. The number of hydrogen-bond acceptors (Lipinski definition) is 5. The van der Waals surface area contributed by atoms with Crippen LogP contribution in [0.1, 0.15) is 23.0 Å². The van der Waals surface area contributed by atoms with Crippen LogP contribution in [0.3, 0.4) is 0 Å². The predicted octanol–water partition coefficient (Wildman–Crippen LogP) is 3.49. The molecule has 3 aromatic rings. The van der Waals surface area contributed by atoms with Crippen molar-refractivity contribution in [2.24, 2.45) is 7.05 Å². The van der Waals surface area contributed by atoms with Crippen LogP contribution >= 0.6 is 0 Å². The van der Waals surface area contributed by atoms with Crippen LogP contribution < -0.4 is 4.74 Å². The summed E-state index contributed by atoms with van der Waals surface area (Å²) in [5, 5.41) is 0.831. The van der Waals surface area contributed by atoms with Crippen LogP contribution in [0.5, 0.6) is 5.75 Å². The molecule has 142 valence electrons. The molecule has 1 aromatic carbocycles. The number of esters is 1. The van der Waals surface area contributed by atoms with Gasteiger partial charge >= 0.3 is 5.97 Å². The fraction of sp³-hybridized carbons (Fsp3) is 0.333. The second-order valence-corrected chi connectivity index (χ2v) is 6.65. The first-order valence-corrected chi connectivity index (χ1v) is 8.89. The van der Waals surface area contributed by atoms with Gasteiger partial charge in [-0.3, -0.25) is 4.98 Å². The maximum absolute atomic E-state index is 12.7. The average Bonchev–Trinajstić information content (AvgIpc) is 2.92. The third kappa shape index (κ3) is 3.53. The van der Waals surface area contributed by atoms with Crippen LogP contribution in [-0.4, -0.2) is 48.2 Å². The van der Waals surface area contributed by atoms with Gasteiger partial charge in [-0.25, -0.2) is 4.79 Å². The third-order valence-corrected chi connectivity index (χ3v) is 4.56. The monoisotopic (exact) mass is 367 g/mol. The molecule has 0 aliphatic carbocycles. The molecular formula is C21H25N3O3. The first kappa shape index (κ1) is 18.9. The quantitative estimate of drug-likeness (QED) is 0.624. The fourth-order valence-corrected chi connectivity index (χ4v) is 3.35. The molecule has 6 nitrogen and oxygen atoms in total. The van der Waals surface area contributed by atoms with E-state index in [-0.39, 0.29) is 5.97 Å². The molecule has 0 spiro atoms. The number of hydrogen-bond donors (Lipinski definition) is 0. The highest BCUT2D eigenvalue weighted by Gasteiger charge is 2.24. The molecule has 0 amide bonds. The Morgan fingerprint density at radius 2 is 2.07 bits per heavy atom. The number of pyridine rings is 1. The summed E-state index contributed by atoms with van der Waals surface area (Å²) in [5.74, 6) is 0.388. The molecule has 0 aliphatic heterocycles. The van der Waals surface area contributed by atoms with E-state index in [4.69, 9.17) is 9.47 Å². The summed E-state index contributed by atoms with van der Waals surface area (Å²) in [5.41, 5.74) is 4.36. The molecule has 0 unspecified atom stereocenters. The lowest BCUT2D eigenvalue weighted by Crippen LogP contribution is -2.17. The van der Waals surface area contributed by atoms with Crippen molar-refractivity contribution >= 4 is 16.9 Å². The highest BCUT2D eigenvalue weighted by molar-refractivity contribution is 6.07. The number of methoxy groups -OCH3 is 1. The molecule has 0 fully saturated rings. The van der Waals surface area contributed by atoms with Gasteiger partial charge in [0.25, 0.3) is 0 Å². The minimum atomic E-state index is -0.309. The standard InChI is InChI=1S/C21H25N3O3/c1-6-27-21(25)20-16-11-19(26-5)15(14-8-7-9-22-12-14)10-17(16)24(4)18(20)13-23(2)3/h7-12H,6,13H2,1-5H3. The summed E-state index contributed by atoms with van der Waals surface area (Å²) < 4.78 is 13.0. The largest absolute Gasteiger partial charge is 0.496 e. The molecule has 0 radical (unpaired) electrons. The second-order valence-electron chi connectivity index (χ2n) is 6.65. The lowest BCUT2D eigenvalue weighted by molar-refractivity contribution is 0.0526. The van der Waals surface area contributed by atoms with Gasteiger partial charge in [-0.15, -0.1) is 0 Å². The lowest BCUT2D eigenvalue weighted by Gasteiger charge is -2.13. The van der Waals surface area contributed by atoms with Crippen LogP contribution in [0.4, 0.5) is 0 Å². The molecule has 6 heteroatoms. The van der Waals surface area contributed by atoms with Gasteiger partial charge in [0.2, 0.25) is 0 Å². The van der Waals surface area contributed by atoms with Crippen LogP contribution in [0.25, 0.3) is 22.0 Å². The maximum atomic E-state index is 12.7. The number of aromatic nitrogens is 2. The van der Waals surface area contributed by atoms with Gasteiger partial charge in [-0.05, 0) is 39.2 Å². The number of rotatable bonds is 6. The second kappa shape index (κ2) is 7.80. The molecule has 2 heterocycles. The number of carbonyl (C=O) groups is 1. The van der Waals surface area contributed by atoms with E-state index < -0.39 is 0 Å². The molecule has 0 bridgehead atoms. The van der Waals surface area contributed by atoms with Crippen molar-refractivity contribution in [3.8, 4) is 16.9 Å². The highest BCUT2D eigenvalue weighted by atomic mass is 16.5. The molecule has 0 aliphatic rings. The van der Waals surface area contributed by atoms with Crippen LogP contribution in [-0.2, 0) is 18.3 Å². The Hall–Kier alpha value is -2.86. The van der Waals surface area contributed by atoms with Crippen molar-refractivity contribution < 1.29 is 14.3 Å². The van der Waals surface area contributed by atoms with Gasteiger partial charge < -0.3 is 18.9 Å². The molecule has 2 aromatic heterocycles. The van der Waals surface area contributed by atoms with E-state index >= 15 is 0 Å². The number of carbonyl (C=O) groups excluding carboxylic acids is 1. The van der Waals surface area contributed by atoms with Gasteiger partial charge in [-0.1, -0.05) is 6.07 Å². The smallest absolute Gasteiger partial charge is 0.340 e. The van der Waals surface area contributed by atoms with Crippen molar-refractivity contribution in [3.63, 3.8) is 0 Å². The van der Waals surface area contributed by atoms with Crippen molar-refractivity contribution in [1.82, 2.24) is 14.5 Å². The zero-order valence-electron chi connectivity index (χ0n) is 16.4. The molecular weight excluding hydrogens is 342 g/mol. The number of nitrogens with zero attached hydrogens (tertiary/aromatic N) is 3. The molecule has 0 saturated heterocycles. The zero-order chi connectivity index (χ0) is 19.6. The Morgan fingerprint density at radius 1 is 1.30 bits per heavy atom. The number of ether oxygens (including phenoxy) is 2. The topological polar surface area (TPSA) is 56.6 Å². The van der Waals surface area contributed by atoms with Crippen molar-refractivity contribution in [3.05, 3.63) is 47.9 Å². The Labute approximate surface area is 159 Å². The van der Waals surface area contributed by atoms with E-state index in [1.807, 2.05) is 57.2 Å². The summed E-state index contributed by atoms with van der Waals surface area (Å²) in [6.45, 7) is 2.78. The van der Waals surface area contributed by atoms with Gasteiger partial charge in [0.15, 0.2) is 0 Å². The van der Waals surface area contributed by atoms with Crippen LogP contribution in [0.15, 0.2) is 36.7 Å². The summed E-state index contributed by atoms with van der Waals surface area (Å²) in [7, 11) is 7.57. The van der Waals surface area contributed by atoms with E-state index in [2.05, 4.69) is 9.55 Å². The molecule has 0 N–H and O–H groups in total. The number of benzene rings is 1. The van der Waals surface area contributed by atoms with E-state index in [1.165, 1.54) is 0 Å². The minimum absolute atomic E-state index is 0.309. The zero-order valence-corrected chi connectivity index (χ0v) is 16.4. The molecule has 0 atom stereocenters. The fourth-order valence-electron chi connectivity index (χ4n) is 3.35. The number of aryl methyl sites for hydroxylation is 1. The van der Waals surface area contributed by atoms with Crippen LogP contribution in [0.2, 0.25) is 0 Å². The molecule has 0 saturated carbocycles. The average molecular weight is 367 g/mol. The Morgan fingerprint density at radius 3 is 2.67 bits per heavy atom. The lowest BCUT2D eigenvalue weighted by atomic mass is 10.0. The van der Waals surface area contributed by atoms with Gasteiger partial charge in [-0.2, -0.15) is 0 Å².